The quantitative estimate of drug-likeness (QED) is 0.692. The molecule has 0 aliphatic heterocycles. The van der Waals surface area contributed by atoms with E-state index in [1.54, 1.807) is 35.2 Å². The number of hydrogen-bond donors (Lipinski definition) is 2. The maximum atomic E-state index is 13.0. The van der Waals surface area contributed by atoms with Crippen molar-refractivity contribution in [1.82, 2.24) is 4.90 Å². The fourth-order valence-electron chi connectivity index (χ4n) is 2.76. The molecule has 26 heavy (non-hydrogen) atoms. The van der Waals surface area contributed by atoms with Crippen LogP contribution in [0.3, 0.4) is 0 Å². The van der Waals surface area contributed by atoms with E-state index >= 15 is 0 Å². The highest BCUT2D eigenvalue weighted by Crippen LogP contribution is 2.26. The number of carboxylic acids is 1. The Bertz CT molecular complexity index is 748. The number of rotatable bonds is 8. The molecule has 0 saturated heterocycles. The number of carbonyl (C=O) groups excluding carboxylic acids is 1. The van der Waals surface area contributed by atoms with Gasteiger partial charge in [-0.3, -0.25) is 14.5 Å². The zero-order chi connectivity index (χ0) is 19.1. The topological polar surface area (TPSA) is 69.6 Å². The van der Waals surface area contributed by atoms with Gasteiger partial charge in [0.05, 0.1) is 6.54 Å². The molecule has 0 spiro atoms. The van der Waals surface area contributed by atoms with Gasteiger partial charge < -0.3 is 10.4 Å². The molecule has 0 heterocycles. The first-order valence-corrected chi connectivity index (χ1v) is 8.94. The molecule has 0 fully saturated rings. The molecule has 1 amide bonds. The van der Waals surface area contributed by atoms with E-state index in [4.69, 9.17) is 23.2 Å². The van der Waals surface area contributed by atoms with Gasteiger partial charge in [-0.1, -0.05) is 60.5 Å². The summed E-state index contributed by atoms with van der Waals surface area (Å²) in [6.45, 7) is 2.16. The third-order valence-electron chi connectivity index (χ3n) is 3.71. The number of amides is 1. The first-order chi connectivity index (χ1) is 12.4. The van der Waals surface area contributed by atoms with Crippen molar-refractivity contribution in [3.05, 3.63) is 64.1 Å². The van der Waals surface area contributed by atoms with Gasteiger partial charge in [-0.05, 0) is 36.7 Å². The van der Waals surface area contributed by atoms with Gasteiger partial charge in [-0.2, -0.15) is 0 Å². The van der Waals surface area contributed by atoms with Crippen LogP contribution < -0.4 is 5.32 Å². The second-order valence-corrected chi connectivity index (χ2v) is 6.70. The van der Waals surface area contributed by atoms with Gasteiger partial charge in [0.2, 0.25) is 5.91 Å². The maximum absolute atomic E-state index is 13.0. The lowest BCUT2D eigenvalue weighted by Crippen LogP contribution is -2.40. The van der Waals surface area contributed by atoms with E-state index in [1.165, 1.54) is 0 Å². The average molecular weight is 395 g/mol. The molecule has 0 aliphatic rings. The predicted octanol–water partition coefficient (Wildman–Crippen LogP) is 4.47. The first-order valence-electron chi connectivity index (χ1n) is 8.18. The van der Waals surface area contributed by atoms with Crippen molar-refractivity contribution in [3.63, 3.8) is 0 Å². The predicted molar refractivity (Wildman–Crippen MR) is 104 cm³/mol. The molecule has 0 saturated carbocycles. The number of halogens is 2. The molecule has 5 nitrogen and oxygen atoms in total. The van der Waals surface area contributed by atoms with Gasteiger partial charge >= 0.3 is 5.97 Å². The van der Waals surface area contributed by atoms with Gasteiger partial charge in [0.1, 0.15) is 6.04 Å². The smallest absolute Gasteiger partial charge is 0.317 e. The summed E-state index contributed by atoms with van der Waals surface area (Å²) in [4.78, 5) is 25.9. The number of carbonyl (C=O) groups is 2. The highest BCUT2D eigenvalue weighted by atomic mass is 35.5. The summed E-state index contributed by atoms with van der Waals surface area (Å²) in [5, 5.41) is 12.8. The van der Waals surface area contributed by atoms with Crippen molar-refractivity contribution in [2.45, 2.75) is 19.4 Å². The molecule has 0 aliphatic carbocycles. The molecule has 7 heteroatoms. The molecule has 2 rings (SSSR count). The van der Waals surface area contributed by atoms with Crippen LogP contribution in [0, 0.1) is 0 Å². The minimum Gasteiger partial charge on any atom is -0.480 e. The molecular formula is C19H20Cl2N2O3. The van der Waals surface area contributed by atoms with Crippen LogP contribution in [0.5, 0.6) is 0 Å². The third kappa shape index (κ3) is 5.73. The number of anilines is 1. The summed E-state index contributed by atoms with van der Waals surface area (Å²) in [6, 6.07) is 13.1. The van der Waals surface area contributed by atoms with E-state index in [0.717, 1.165) is 0 Å². The minimum atomic E-state index is -0.988. The Morgan fingerprint density at radius 2 is 1.73 bits per heavy atom. The highest BCUT2D eigenvalue weighted by Gasteiger charge is 2.28. The molecule has 0 aromatic heterocycles. The van der Waals surface area contributed by atoms with Gasteiger partial charge in [0.15, 0.2) is 0 Å². The van der Waals surface area contributed by atoms with Gasteiger partial charge in [0.25, 0.3) is 0 Å². The summed E-state index contributed by atoms with van der Waals surface area (Å²) >= 11 is 12.0. The Labute approximate surface area is 162 Å². The van der Waals surface area contributed by atoms with E-state index in [9.17, 15) is 14.7 Å². The van der Waals surface area contributed by atoms with E-state index in [2.05, 4.69) is 5.32 Å². The zero-order valence-corrected chi connectivity index (χ0v) is 15.8. The molecule has 1 atom stereocenters. The number of nitrogens with one attached hydrogen (secondary N) is 1. The van der Waals surface area contributed by atoms with E-state index in [0.29, 0.717) is 34.3 Å². The van der Waals surface area contributed by atoms with Crippen LogP contribution >= 0.6 is 23.2 Å². The van der Waals surface area contributed by atoms with Crippen molar-refractivity contribution in [1.29, 1.82) is 0 Å². The van der Waals surface area contributed by atoms with Crippen LogP contribution in [0.25, 0.3) is 0 Å². The summed E-state index contributed by atoms with van der Waals surface area (Å²) < 4.78 is 0. The van der Waals surface area contributed by atoms with E-state index in [-0.39, 0.29) is 12.5 Å². The van der Waals surface area contributed by atoms with E-state index in [1.807, 2.05) is 25.1 Å². The molecule has 0 radical (unpaired) electrons. The van der Waals surface area contributed by atoms with Crippen molar-refractivity contribution >= 4 is 40.8 Å². The van der Waals surface area contributed by atoms with Crippen LogP contribution in [-0.4, -0.2) is 35.0 Å². The summed E-state index contributed by atoms with van der Waals surface area (Å²) in [6.07, 6.45) is 0.715. The first kappa shape index (κ1) is 20.2. The Morgan fingerprint density at radius 1 is 1.12 bits per heavy atom. The molecular weight excluding hydrogens is 375 g/mol. The van der Waals surface area contributed by atoms with Crippen molar-refractivity contribution < 1.29 is 14.7 Å². The van der Waals surface area contributed by atoms with Crippen molar-refractivity contribution in [2.75, 3.05) is 18.4 Å². The number of aliphatic carboxylic acids is 1. The van der Waals surface area contributed by atoms with Crippen molar-refractivity contribution in [2.24, 2.45) is 0 Å². The number of benzene rings is 2. The van der Waals surface area contributed by atoms with Gasteiger partial charge in [-0.15, -0.1) is 0 Å². The standard InChI is InChI=1S/C19H20Cl2N2O3/c1-2-8-23(12-17(24)25)18(13-6-4-3-5-7-13)19(26)22-16-10-14(20)9-15(21)11-16/h3-7,9-11,18H,2,8,12H2,1H3,(H,22,26)(H,24,25). The Hall–Kier alpha value is -2.08. The average Bonchev–Trinajstić information content (AvgIpc) is 2.54. The van der Waals surface area contributed by atoms with Crippen LogP contribution in [0.4, 0.5) is 5.69 Å². The van der Waals surface area contributed by atoms with Crippen LogP contribution in [-0.2, 0) is 9.59 Å². The lowest BCUT2D eigenvalue weighted by atomic mass is 10.0. The Kier molecular flexibility index (Phi) is 7.45. The van der Waals surface area contributed by atoms with Crippen LogP contribution in [0.1, 0.15) is 24.9 Å². The second-order valence-electron chi connectivity index (χ2n) is 5.82. The summed E-state index contributed by atoms with van der Waals surface area (Å²) in [7, 11) is 0. The monoisotopic (exact) mass is 394 g/mol. The van der Waals surface area contributed by atoms with E-state index < -0.39 is 12.0 Å². The largest absolute Gasteiger partial charge is 0.480 e. The molecule has 0 bridgehead atoms. The third-order valence-corrected chi connectivity index (χ3v) is 4.14. The summed E-state index contributed by atoms with van der Waals surface area (Å²) in [5.41, 5.74) is 1.17. The normalized spacial score (nSPS) is 12.0. The van der Waals surface area contributed by atoms with Crippen molar-refractivity contribution in [3.8, 4) is 0 Å². The zero-order valence-electron chi connectivity index (χ0n) is 14.3. The number of nitrogens with zero attached hydrogens (tertiary/aromatic N) is 1. The van der Waals surface area contributed by atoms with Crippen LogP contribution in [0.2, 0.25) is 10.0 Å². The molecule has 2 N–H and O–H groups in total. The molecule has 2 aromatic rings. The lowest BCUT2D eigenvalue weighted by molar-refractivity contribution is -0.139. The van der Waals surface area contributed by atoms with Crippen LogP contribution in [0.15, 0.2) is 48.5 Å². The summed E-state index contributed by atoms with van der Waals surface area (Å²) in [5.74, 6) is -1.33. The number of carboxylic acid groups (broad SMARTS) is 1. The molecule has 1 unspecified atom stereocenters. The number of hydrogen-bond acceptors (Lipinski definition) is 3. The molecule has 138 valence electrons. The SMILES string of the molecule is CCCN(CC(=O)O)C(C(=O)Nc1cc(Cl)cc(Cl)c1)c1ccccc1. The fourth-order valence-corrected chi connectivity index (χ4v) is 3.29. The molecule has 2 aromatic carbocycles. The fraction of sp³-hybridized carbons (Fsp3) is 0.263. The Balaban J connectivity index is 2.35. The Morgan fingerprint density at radius 3 is 2.27 bits per heavy atom. The van der Waals surface area contributed by atoms with Gasteiger partial charge in [0, 0.05) is 15.7 Å². The minimum absolute atomic E-state index is 0.239. The van der Waals surface area contributed by atoms with Gasteiger partial charge in [-0.25, -0.2) is 0 Å². The maximum Gasteiger partial charge on any atom is 0.317 e. The highest BCUT2D eigenvalue weighted by molar-refractivity contribution is 6.35. The lowest BCUT2D eigenvalue weighted by Gasteiger charge is -2.29. The second kappa shape index (κ2) is 9.57.